The maximum atomic E-state index is 12.1. The average molecular weight is 250 g/mol. The highest BCUT2D eigenvalue weighted by atomic mass is 16.5. The molecule has 5 heteroatoms. The van der Waals surface area contributed by atoms with E-state index >= 15 is 0 Å². The molecule has 1 aliphatic heterocycles. The Morgan fingerprint density at radius 3 is 2.83 bits per heavy atom. The second kappa shape index (κ2) is 5.73. The lowest BCUT2D eigenvalue weighted by Crippen LogP contribution is -2.42. The van der Waals surface area contributed by atoms with Crippen molar-refractivity contribution in [1.29, 1.82) is 0 Å². The van der Waals surface area contributed by atoms with Crippen LogP contribution in [-0.4, -0.2) is 37.3 Å². The number of hydrogen-bond donors (Lipinski definition) is 3. The van der Waals surface area contributed by atoms with Gasteiger partial charge >= 0.3 is 0 Å². The second-order valence-electron chi connectivity index (χ2n) is 4.35. The SMILES string of the molecule is COc1cccc(C(=O)NC2CCNCC2)c1O. The predicted octanol–water partition coefficient (Wildman–Crippen LogP) is 0.883. The van der Waals surface area contributed by atoms with Crippen molar-refractivity contribution < 1.29 is 14.6 Å². The summed E-state index contributed by atoms with van der Waals surface area (Å²) < 4.78 is 4.99. The maximum absolute atomic E-state index is 12.1. The second-order valence-corrected chi connectivity index (χ2v) is 4.35. The molecule has 1 heterocycles. The summed E-state index contributed by atoms with van der Waals surface area (Å²) >= 11 is 0. The van der Waals surface area contributed by atoms with E-state index in [1.165, 1.54) is 7.11 Å². The molecule has 0 spiro atoms. The summed E-state index contributed by atoms with van der Waals surface area (Å²) in [7, 11) is 1.46. The molecule has 2 rings (SSSR count). The van der Waals surface area contributed by atoms with Crippen LogP contribution in [0.2, 0.25) is 0 Å². The summed E-state index contributed by atoms with van der Waals surface area (Å²) in [6.07, 6.45) is 1.83. The van der Waals surface area contributed by atoms with Gasteiger partial charge in [-0.25, -0.2) is 0 Å². The van der Waals surface area contributed by atoms with Gasteiger partial charge in [-0.05, 0) is 38.1 Å². The normalized spacial score (nSPS) is 16.3. The zero-order valence-electron chi connectivity index (χ0n) is 10.4. The smallest absolute Gasteiger partial charge is 0.255 e. The quantitative estimate of drug-likeness (QED) is 0.745. The largest absolute Gasteiger partial charge is 0.504 e. The molecule has 0 aliphatic carbocycles. The fraction of sp³-hybridized carbons (Fsp3) is 0.462. The number of nitrogens with one attached hydrogen (secondary N) is 2. The summed E-state index contributed by atoms with van der Waals surface area (Å²) in [5.74, 6) is -0.0438. The third-order valence-corrected chi connectivity index (χ3v) is 3.14. The van der Waals surface area contributed by atoms with Gasteiger partial charge in [-0.2, -0.15) is 0 Å². The van der Waals surface area contributed by atoms with Crippen molar-refractivity contribution >= 4 is 5.91 Å². The highest BCUT2D eigenvalue weighted by molar-refractivity contribution is 5.97. The van der Waals surface area contributed by atoms with Gasteiger partial charge < -0.3 is 20.5 Å². The number of phenolic OH excluding ortho intramolecular Hbond substituents is 1. The van der Waals surface area contributed by atoms with E-state index in [0.717, 1.165) is 25.9 Å². The summed E-state index contributed by atoms with van der Waals surface area (Å²) in [5.41, 5.74) is 0.257. The predicted molar refractivity (Wildman–Crippen MR) is 68.0 cm³/mol. The van der Waals surface area contributed by atoms with Crippen molar-refractivity contribution in [1.82, 2.24) is 10.6 Å². The van der Waals surface area contributed by atoms with E-state index in [4.69, 9.17) is 4.74 Å². The Morgan fingerprint density at radius 2 is 2.17 bits per heavy atom. The number of ether oxygens (including phenoxy) is 1. The van der Waals surface area contributed by atoms with Crippen molar-refractivity contribution in [2.24, 2.45) is 0 Å². The molecule has 1 fully saturated rings. The van der Waals surface area contributed by atoms with Gasteiger partial charge in [0, 0.05) is 6.04 Å². The van der Waals surface area contributed by atoms with Gasteiger partial charge in [0.1, 0.15) is 0 Å². The Labute approximate surface area is 106 Å². The first-order chi connectivity index (χ1) is 8.72. The molecule has 0 bridgehead atoms. The first kappa shape index (κ1) is 12.7. The zero-order chi connectivity index (χ0) is 13.0. The molecule has 0 aromatic heterocycles. The Kier molecular flexibility index (Phi) is 4.04. The number of para-hydroxylation sites is 1. The topological polar surface area (TPSA) is 70.6 Å². The average Bonchev–Trinajstić information content (AvgIpc) is 2.40. The fourth-order valence-electron chi connectivity index (χ4n) is 2.10. The van der Waals surface area contributed by atoms with Gasteiger partial charge in [0.25, 0.3) is 5.91 Å². The first-order valence-electron chi connectivity index (χ1n) is 6.10. The number of benzene rings is 1. The van der Waals surface area contributed by atoms with Crippen LogP contribution in [0.25, 0.3) is 0 Å². The van der Waals surface area contributed by atoms with Gasteiger partial charge in [-0.15, -0.1) is 0 Å². The number of phenols is 1. The molecule has 0 unspecified atom stereocenters. The number of hydrogen-bond acceptors (Lipinski definition) is 4. The highest BCUT2D eigenvalue weighted by Gasteiger charge is 2.19. The fourth-order valence-corrected chi connectivity index (χ4v) is 2.10. The molecule has 98 valence electrons. The number of carbonyl (C=O) groups is 1. The van der Waals surface area contributed by atoms with E-state index in [0.29, 0.717) is 5.75 Å². The van der Waals surface area contributed by atoms with Crippen LogP contribution < -0.4 is 15.4 Å². The van der Waals surface area contributed by atoms with Crippen molar-refractivity contribution in [3.63, 3.8) is 0 Å². The van der Waals surface area contributed by atoms with Crippen molar-refractivity contribution in [3.05, 3.63) is 23.8 Å². The minimum Gasteiger partial charge on any atom is -0.504 e. The minimum atomic E-state index is -0.252. The molecular weight excluding hydrogens is 232 g/mol. The lowest BCUT2D eigenvalue weighted by Gasteiger charge is -2.23. The molecule has 0 saturated carbocycles. The Morgan fingerprint density at radius 1 is 1.44 bits per heavy atom. The number of rotatable bonds is 3. The van der Waals surface area contributed by atoms with E-state index in [1.807, 2.05) is 0 Å². The third kappa shape index (κ3) is 2.73. The number of piperidine rings is 1. The number of aromatic hydroxyl groups is 1. The molecule has 1 saturated heterocycles. The van der Waals surface area contributed by atoms with Gasteiger partial charge in [0.2, 0.25) is 0 Å². The summed E-state index contributed by atoms with van der Waals surface area (Å²) in [5, 5.41) is 16.1. The minimum absolute atomic E-state index is 0.105. The van der Waals surface area contributed by atoms with E-state index < -0.39 is 0 Å². The molecule has 1 aromatic rings. The third-order valence-electron chi connectivity index (χ3n) is 3.14. The Bertz CT molecular complexity index is 428. The van der Waals surface area contributed by atoms with Crippen LogP contribution in [0.15, 0.2) is 18.2 Å². The van der Waals surface area contributed by atoms with E-state index in [9.17, 15) is 9.90 Å². The molecular formula is C13H18N2O3. The van der Waals surface area contributed by atoms with Crippen molar-refractivity contribution in [3.8, 4) is 11.5 Å². The van der Waals surface area contributed by atoms with Crippen molar-refractivity contribution in [2.75, 3.05) is 20.2 Å². The van der Waals surface area contributed by atoms with Gasteiger partial charge in [0.15, 0.2) is 11.5 Å². The molecule has 3 N–H and O–H groups in total. The summed E-state index contributed by atoms with van der Waals surface area (Å²) in [6.45, 7) is 1.82. The van der Waals surface area contributed by atoms with Crippen LogP contribution in [0, 0.1) is 0 Å². The molecule has 1 aromatic carbocycles. The van der Waals surface area contributed by atoms with Crippen LogP contribution in [0.3, 0.4) is 0 Å². The lowest BCUT2D eigenvalue weighted by molar-refractivity contribution is 0.0926. The lowest BCUT2D eigenvalue weighted by atomic mass is 10.1. The number of amides is 1. The zero-order valence-corrected chi connectivity index (χ0v) is 10.4. The molecule has 0 atom stereocenters. The Hall–Kier alpha value is -1.75. The van der Waals surface area contributed by atoms with E-state index in [1.54, 1.807) is 18.2 Å². The standard InChI is InChI=1S/C13H18N2O3/c1-18-11-4-2-3-10(12(11)16)13(17)15-9-5-7-14-8-6-9/h2-4,9,14,16H,5-8H2,1H3,(H,15,17). The van der Waals surface area contributed by atoms with Crippen LogP contribution in [-0.2, 0) is 0 Å². The van der Waals surface area contributed by atoms with Crippen LogP contribution in [0.1, 0.15) is 23.2 Å². The Balaban J connectivity index is 2.08. The molecule has 1 aliphatic rings. The van der Waals surface area contributed by atoms with Crippen LogP contribution >= 0.6 is 0 Å². The molecule has 0 radical (unpaired) electrons. The molecule has 18 heavy (non-hydrogen) atoms. The number of methoxy groups -OCH3 is 1. The van der Waals surface area contributed by atoms with Gasteiger partial charge in [-0.3, -0.25) is 4.79 Å². The van der Waals surface area contributed by atoms with E-state index in [-0.39, 0.29) is 23.3 Å². The highest BCUT2D eigenvalue weighted by Crippen LogP contribution is 2.29. The maximum Gasteiger partial charge on any atom is 0.255 e. The first-order valence-corrected chi connectivity index (χ1v) is 6.10. The van der Waals surface area contributed by atoms with Crippen LogP contribution in [0.4, 0.5) is 0 Å². The number of carbonyl (C=O) groups excluding carboxylic acids is 1. The van der Waals surface area contributed by atoms with E-state index in [2.05, 4.69) is 10.6 Å². The van der Waals surface area contributed by atoms with Crippen molar-refractivity contribution in [2.45, 2.75) is 18.9 Å². The van der Waals surface area contributed by atoms with Gasteiger partial charge in [-0.1, -0.05) is 6.07 Å². The monoisotopic (exact) mass is 250 g/mol. The van der Waals surface area contributed by atoms with Gasteiger partial charge in [0.05, 0.1) is 12.7 Å². The summed E-state index contributed by atoms with van der Waals surface area (Å²) in [6, 6.07) is 5.07. The molecule has 5 nitrogen and oxygen atoms in total. The molecule has 1 amide bonds. The summed E-state index contributed by atoms with van der Waals surface area (Å²) in [4.78, 5) is 12.1. The van der Waals surface area contributed by atoms with Crippen LogP contribution in [0.5, 0.6) is 11.5 Å².